The molecule has 0 spiro atoms. The van der Waals surface area contributed by atoms with Gasteiger partial charge in [-0.15, -0.1) is 24.0 Å². The third-order valence-corrected chi connectivity index (χ3v) is 0.269. The van der Waals surface area contributed by atoms with E-state index < -0.39 is 0 Å². The molecular weight excluding hydrogens is 193 g/mol. The number of hydrogen-bond acceptors (Lipinski definition) is 1. The van der Waals surface area contributed by atoms with E-state index in [4.69, 9.17) is 11.1 Å². The fourth-order valence-corrected chi connectivity index (χ4v) is 0. The molecule has 0 rings (SSSR count). The Morgan fingerprint density at radius 3 is 2.00 bits per heavy atom. The summed E-state index contributed by atoms with van der Waals surface area (Å²) in [7, 11) is 1.60. The van der Waals surface area contributed by atoms with Gasteiger partial charge in [-0.1, -0.05) is 0 Å². The van der Waals surface area contributed by atoms with E-state index >= 15 is 0 Å². The Kier molecular flexibility index (Phi) is 7.81. The molecule has 0 aromatic carbocycles. The van der Waals surface area contributed by atoms with Crippen LogP contribution in [0.1, 0.15) is 0 Å². The molecule has 0 aliphatic carbocycles. The van der Waals surface area contributed by atoms with Gasteiger partial charge in [0, 0.05) is 7.05 Å². The third-order valence-electron chi connectivity index (χ3n) is 0.269. The molecule has 0 fully saturated rings. The smallest absolute Gasteiger partial charge is 0.185 e. The van der Waals surface area contributed by atoms with E-state index in [9.17, 15) is 0 Å². The molecule has 0 unspecified atom stereocenters. The average Bonchev–Trinajstić information content (AvgIpc) is 1.38. The molecule has 0 saturated carbocycles. The maximum atomic E-state index is 6.41. The summed E-state index contributed by atoms with van der Waals surface area (Å²) in [6.45, 7) is 0. The Hall–Kier alpha value is 0. The van der Waals surface area contributed by atoms with Crippen LogP contribution in [-0.4, -0.2) is 13.0 Å². The van der Waals surface area contributed by atoms with E-state index in [0.29, 0.717) is 0 Å². The van der Waals surface area contributed by atoms with E-state index in [2.05, 4.69) is 5.32 Å². The van der Waals surface area contributed by atoms with Crippen molar-refractivity contribution in [3.05, 3.63) is 0 Å². The molecule has 0 aromatic heterocycles. The average molecular weight is 201 g/mol. The molecule has 0 heterocycles. The zero-order valence-electron chi connectivity index (χ0n) is 3.49. The van der Waals surface area contributed by atoms with Crippen LogP contribution in [0.4, 0.5) is 0 Å². The van der Waals surface area contributed by atoms with E-state index in [1.54, 1.807) is 7.05 Å². The van der Waals surface area contributed by atoms with Crippen molar-refractivity contribution in [1.82, 2.24) is 5.32 Å². The predicted molar refractivity (Wildman–Crippen MR) is 36.4 cm³/mol. The molecule has 0 radical (unpaired) electrons. The number of rotatable bonds is 0. The summed E-state index contributed by atoms with van der Waals surface area (Å²) >= 11 is 0. The summed E-state index contributed by atoms with van der Waals surface area (Å²) in [5.41, 5.74) is 4.76. The van der Waals surface area contributed by atoms with Gasteiger partial charge in [0.2, 0.25) is 0 Å². The van der Waals surface area contributed by atoms with Crippen LogP contribution in [0.5, 0.6) is 0 Å². The zero-order chi connectivity index (χ0) is 4.28. The first kappa shape index (κ1) is 9.38. The molecular formula is C2H8IN3. The minimum absolute atomic E-state index is 0. The highest BCUT2D eigenvalue weighted by Crippen LogP contribution is 1.31. The van der Waals surface area contributed by atoms with Crippen LogP contribution < -0.4 is 11.1 Å². The molecule has 0 aromatic rings. The summed E-state index contributed by atoms with van der Waals surface area (Å²) in [5, 5.41) is 8.80. The van der Waals surface area contributed by atoms with Crippen molar-refractivity contribution in [2.45, 2.75) is 0 Å². The van der Waals surface area contributed by atoms with Gasteiger partial charge in [0.05, 0.1) is 0 Å². The topological polar surface area (TPSA) is 61.9 Å². The monoisotopic (exact) mass is 201 g/mol. The van der Waals surface area contributed by atoms with Crippen molar-refractivity contribution in [2.75, 3.05) is 7.05 Å². The number of guanidine groups is 1. The second-order valence-corrected chi connectivity index (χ2v) is 0.664. The van der Waals surface area contributed by atoms with E-state index in [0.717, 1.165) is 0 Å². The SMILES string of the molecule is CNC(=N)N.I. The number of nitrogens with two attached hydrogens (primary N) is 1. The lowest BCUT2D eigenvalue weighted by Crippen LogP contribution is -2.25. The number of halogens is 1. The highest BCUT2D eigenvalue weighted by molar-refractivity contribution is 14.0. The van der Waals surface area contributed by atoms with Gasteiger partial charge in [0.25, 0.3) is 0 Å². The first-order valence-electron chi connectivity index (χ1n) is 1.29. The minimum Gasteiger partial charge on any atom is -0.370 e. The van der Waals surface area contributed by atoms with Gasteiger partial charge < -0.3 is 11.1 Å². The molecule has 0 amide bonds. The quantitative estimate of drug-likeness (QED) is 0.286. The minimum atomic E-state index is 0. The Morgan fingerprint density at radius 2 is 2.00 bits per heavy atom. The Labute approximate surface area is 53.8 Å². The van der Waals surface area contributed by atoms with Gasteiger partial charge in [0.15, 0.2) is 5.96 Å². The van der Waals surface area contributed by atoms with Crippen molar-refractivity contribution < 1.29 is 0 Å². The Morgan fingerprint density at radius 1 is 1.83 bits per heavy atom. The van der Waals surface area contributed by atoms with Crippen molar-refractivity contribution in [2.24, 2.45) is 5.73 Å². The molecule has 0 aliphatic rings. The van der Waals surface area contributed by atoms with Crippen molar-refractivity contribution in [1.29, 1.82) is 5.41 Å². The largest absolute Gasteiger partial charge is 0.370 e. The predicted octanol–water partition coefficient (Wildman–Crippen LogP) is -0.283. The molecule has 0 aliphatic heterocycles. The second kappa shape index (κ2) is 5.00. The maximum Gasteiger partial charge on any atom is 0.185 e. The lowest BCUT2D eigenvalue weighted by molar-refractivity contribution is 1.12. The fourth-order valence-electron chi connectivity index (χ4n) is 0. The van der Waals surface area contributed by atoms with Gasteiger partial charge >= 0.3 is 0 Å². The highest BCUT2D eigenvalue weighted by atomic mass is 127. The molecule has 6 heavy (non-hydrogen) atoms. The van der Waals surface area contributed by atoms with Crippen molar-refractivity contribution in [3.8, 4) is 0 Å². The van der Waals surface area contributed by atoms with E-state index in [-0.39, 0.29) is 29.9 Å². The van der Waals surface area contributed by atoms with Crippen LogP contribution in [0.2, 0.25) is 0 Å². The maximum absolute atomic E-state index is 6.41. The summed E-state index contributed by atoms with van der Waals surface area (Å²) in [6, 6.07) is 0. The molecule has 3 nitrogen and oxygen atoms in total. The zero-order valence-corrected chi connectivity index (χ0v) is 5.82. The Bertz CT molecular complexity index is 44.1. The summed E-state index contributed by atoms with van der Waals surface area (Å²) in [4.78, 5) is 0. The van der Waals surface area contributed by atoms with Crippen LogP contribution in [0, 0.1) is 5.41 Å². The second-order valence-electron chi connectivity index (χ2n) is 0.664. The van der Waals surface area contributed by atoms with Crippen LogP contribution in [-0.2, 0) is 0 Å². The van der Waals surface area contributed by atoms with Crippen LogP contribution >= 0.6 is 24.0 Å². The normalized spacial score (nSPS) is 5.50. The van der Waals surface area contributed by atoms with E-state index in [1.807, 2.05) is 0 Å². The molecule has 0 bridgehead atoms. The first-order valence-corrected chi connectivity index (χ1v) is 1.29. The number of nitrogens with one attached hydrogen (secondary N) is 2. The van der Waals surface area contributed by atoms with Crippen molar-refractivity contribution >= 4 is 29.9 Å². The lowest BCUT2D eigenvalue weighted by Gasteiger charge is -1.85. The van der Waals surface area contributed by atoms with Crippen molar-refractivity contribution in [3.63, 3.8) is 0 Å². The van der Waals surface area contributed by atoms with Gasteiger partial charge in [-0.25, -0.2) is 0 Å². The summed E-state index contributed by atoms with van der Waals surface area (Å²) in [5.74, 6) is 0.00463. The first-order chi connectivity index (χ1) is 2.27. The highest BCUT2D eigenvalue weighted by Gasteiger charge is 1.65. The molecule has 4 heteroatoms. The summed E-state index contributed by atoms with van der Waals surface area (Å²) < 4.78 is 0. The van der Waals surface area contributed by atoms with Gasteiger partial charge in [0.1, 0.15) is 0 Å². The standard InChI is InChI=1S/C2H7N3.HI/c1-5-2(3)4;/h1H3,(H4,3,4,5);1H. The van der Waals surface area contributed by atoms with Crippen LogP contribution in [0.3, 0.4) is 0 Å². The van der Waals surface area contributed by atoms with Gasteiger partial charge in [-0.3, -0.25) is 5.41 Å². The fraction of sp³-hybridized carbons (Fsp3) is 0.500. The van der Waals surface area contributed by atoms with Crippen LogP contribution in [0.15, 0.2) is 0 Å². The van der Waals surface area contributed by atoms with Gasteiger partial charge in [-0.2, -0.15) is 0 Å². The third kappa shape index (κ3) is 9.00. The Balaban J connectivity index is 0. The molecule has 4 N–H and O–H groups in total. The molecule has 38 valence electrons. The molecule has 0 saturated heterocycles. The van der Waals surface area contributed by atoms with Gasteiger partial charge in [-0.05, 0) is 0 Å². The van der Waals surface area contributed by atoms with E-state index in [1.165, 1.54) is 0 Å². The molecule has 0 atom stereocenters. The van der Waals surface area contributed by atoms with Crippen LogP contribution in [0.25, 0.3) is 0 Å². The number of hydrogen-bond donors (Lipinski definition) is 3. The summed E-state index contributed by atoms with van der Waals surface area (Å²) in [6.07, 6.45) is 0. The lowest BCUT2D eigenvalue weighted by atomic mass is 11.0.